The molecule has 1 aliphatic carbocycles. The van der Waals surface area contributed by atoms with E-state index >= 15 is 0 Å². The fourth-order valence-corrected chi connectivity index (χ4v) is 3.39. The van der Waals surface area contributed by atoms with Gasteiger partial charge in [0.15, 0.2) is 0 Å². The molecule has 88 valence electrons. The number of hydrogen-bond acceptors (Lipinski definition) is 2. The summed E-state index contributed by atoms with van der Waals surface area (Å²) in [5.74, 6) is 0. The summed E-state index contributed by atoms with van der Waals surface area (Å²) in [5.41, 5.74) is 3.95. The zero-order valence-corrected chi connectivity index (χ0v) is 10.4. The lowest BCUT2D eigenvalue weighted by Gasteiger charge is -2.50. The molecule has 0 atom stereocenters. The van der Waals surface area contributed by atoms with Crippen LogP contribution in [0.2, 0.25) is 0 Å². The van der Waals surface area contributed by atoms with Crippen molar-refractivity contribution in [2.24, 2.45) is 5.41 Å². The molecule has 2 heteroatoms. The molecule has 1 aromatic carbocycles. The zero-order valence-electron chi connectivity index (χ0n) is 10.4. The Bertz CT molecular complexity index is 470. The van der Waals surface area contributed by atoms with Crippen molar-refractivity contribution < 1.29 is 0 Å². The van der Waals surface area contributed by atoms with Crippen molar-refractivity contribution in [1.29, 1.82) is 5.26 Å². The molecule has 0 aromatic heterocycles. The van der Waals surface area contributed by atoms with Crippen LogP contribution in [0, 0.1) is 23.7 Å². The third-order valence-corrected chi connectivity index (χ3v) is 4.40. The van der Waals surface area contributed by atoms with Gasteiger partial charge in [0, 0.05) is 24.2 Å². The lowest BCUT2D eigenvalue weighted by Crippen LogP contribution is -2.55. The third-order valence-electron chi connectivity index (χ3n) is 4.40. The number of benzene rings is 1. The van der Waals surface area contributed by atoms with Gasteiger partial charge in [-0.15, -0.1) is 0 Å². The van der Waals surface area contributed by atoms with E-state index in [0.29, 0.717) is 5.41 Å². The van der Waals surface area contributed by atoms with Crippen molar-refractivity contribution in [2.75, 3.05) is 18.0 Å². The Morgan fingerprint density at radius 2 is 1.94 bits per heavy atom. The first kappa shape index (κ1) is 10.7. The van der Waals surface area contributed by atoms with Crippen molar-refractivity contribution in [1.82, 2.24) is 0 Å². The summed E-state index contributed by atoms with van der Waals surface area (Å²) in [6, 6.07) is 8.24. The van der Waals surface area contributed by atoms with E-state index in [1.54, 1.807) is 0 Å². The minimum Gasteiger partial charge on any atom is -0.370 e. The predicted octanol–water partition coefficient (Wildman–Crippen LogP) is 3.25. The summed E-state index contributed by atoms with van der Waals surface area (Å²) in [7, 11) is 0. The van der Waals surface area contributed by atoms with Gasteiger partial charge in [-0.1, -0.05) is 18.9 Å². The summed E-state index contributed by atoms with van der Waals surface area (Å²) in [6.07, 6.45) is 5.62. The Hall–Kier alpha value is -1.49. The minimum absolute atomic E-state index is 0.620. The molecule has 1 saturated heterocycles. The molecule has 2 aliphatic rings. The van der Waals surface area contributed by atoms with Gasteiger partial charge in [0.2, 0.25) is 0 Å². The Morgan fingerprint density at radius 1 is 1.24 bits per heavy atom. The minimum atomic E-state index is 0.620. The van der Waals surface area contributed by atoms with E-state index in [9.17, 15) is 0 Å². The van der Waals surface area contributed by atoms with Gasteiger partial charge in [0.1, 0.15) is 0 Å². The van der Waals surface area contributed by atoms with Gasteiger partial charge in [-0.25, -0.2) is 0 Å². The number of nitrogens with zero attached hydrogens (tertiary/aromatic N) is 2. The quantitative estimate of drug-likeness (QED) is 0.735. The maximum atomic E-state index is 8.96. The van der Waals surface area contributed by atoms with Gasteiger partial charge < -0.3 is 4.90 Å². The molecule has 3 rings (SSSR count). The average molecular weight is 226 g/mol. The maximum absolute atomic E-state index is 8.96. The number of anilines is 1. The smallest absolute Gasteiger partial charge is 0.0992 e. The summed E-state index contributed by atoms with van der Waals surface area (Å²) < 4.78 is 0. The molecular formula is C15H18N2. The largest absolute Gasteiger partial charge is 0.370 e. The molecule has 2 nitrogen and oxygen atoms in total. The lowest BCUT2D eigenvalue weighted by atomic mass is 9.77. The van der Waals surface area contributed by atoms with E-state index in [4.69, 9.17) is 5.26 Å². The monoisotopic (exact) mass is 226 g/mol. The highest BCUT2D eigenvalue weighted by molar-refractivity contribution is 5.59. The first-order chi connectivity index (χ1) is 8.22. The predicted molar refractivity (Wildman–Crippen MR) is 69.0 cm³/mol. The second-order valence-corrected chi connectivity index (χ2v) is 5.68. The first-order valence-corrected chi connectivity index (χ1v) is 6.48. The molecule has 0 bridgehead atoms. The van der Waals surface area contributed by atoms with Crippen LogP contribution >= 0.6 is 0 Å². The molecule has 1 spiro atoms. The van der Waals surface area contributed by atoms with E-state index in [1.165, 1.54) is 50.0 Å². The molecule has 1 aliphatic heterocycles. The zero-order chi connectivity index (χ0) is 11.9. The van der Waals surface area contributed by atoms with Crippen LogP contribution in [0.1, 0.15) is 36.8 Å². The molecule has 0 amide bonds. The van der Waals surface area contributed by atoms with Crippen molar-refractivity contribution in [3.8, 4) is 6.07 Å². The number of aryl methyl sites for hydroxylation is 1. The van der Waals surface area contributed by atoms with E-state index in [-0.39, 0.29) is 0 Å². The van der Waals surface area contributed by atoms with Gasteiger partial charge >= 0.3 is 0 Å². The molecule has 2 fully saturated rings. The molecular weight excluding hydrogens is 208 g/mol. The molecule has 0 N–H and O–H groups in total. The third kappa shape index (κ3) is 1.70. The number of hydrogen-bond donors (Lipinski definition) is 0. The second-order valence-electron chi connectivity index (χ2n) is 5.68. The standard InChI is InChI=1S/C15H18N2/c1-12-4-5-13(9-16)8-14(12)17-10-15(11-17)6-2-3-7-15/h4-5,8H,2-3,6-7,10-11H2,1H3. The fourth-order valence-electron chi connectivity index (χ4n) is 3.39. The van der Waals surface area contributed by atoms with E-state index in [2.05, 4.69) is 24.0 Å². The van der Waals surface area contributed by atoms with E-state index < -0.39 is 0 Å². The average Bonchev–Trinajstić information content (AvgIpc) is 2.77. The summed E-state index contributed by atoms with van der Waals surface area (Å²) >= 11 is 0. The van der Waals surface area contributed by atoms with Crippen LogP contribution in [-0.4, -0.2) is 13.1 Å². The van der Waals surface area contributed by atoms with Crippen LogP contribution in [0.15, 0.2) is 18.2 Å². The Labute approximate surface area is 103 Å². The Morgan fingerprint density at radius 3 is 2.59 bits per heavy atom. The van der Waals surface area contributed by atoms with E-state index in [1.807, 2.05) is 12.1 Å². The molecule has 17 heavy (non-hydrogen) atoms. The highest BCUT2D eigenvalue weighted by Gasteiger charge is 2.44. The van der Waals surface area contributed by atoms with Crippen LogP contribution in [0.5, 0.6) is 0 Å². The fraction of sp³-hybridized carbons (Fsp3) is 0.533. The van der Waals surface area contributed by atoms with Gasteiger partial charge in [0.05, 0.1) is 11.6 Å². The van der Waals surface area contributed by atoms with Crippen molar-refractivity contribution in [3.05, 3.63) is 29.3 Å². The number of nitriles is 1. The van der Waals surface area contributed by atoms with Crippen LogP contribution in [0.4, 0.5) is 5.69 Å². The maximum Gasteiger partial charge on any atom is 0.0992 e. The SMILES string of the molecule is Cc1ccc(C#N)cc1N1CC2(CCCC2)C1. The van der Waals surface area contributed by atoms with Crippen LogP contribution in [-0.2, 0) is 0 Å². The van der Waals surface area contributed by atoms with Gasteiger partial charge in [-0.2, -0.15) is 5.26 Å². The van der Waals surface area contributed by atoms with Crippen LogP contribution < -0.4 is 4.90 Å². The molecule has 0 radical (unpaired) electrons. The van der Waals surface area contributed by atoms with Gasteiger partial charge in [-0.05, 0) is 37.5 Å². The normalized spacial score (nSPS) is 21.3. The molecule has 0 unspecified atom stereocenters. The van der Waals surface area contributed by atoms with Gasteiger partial charge in [-0.3, -0.25) is 0 Å². The molecule has 1 heterocycles. The van der Waals surface area contributed by atoms with Crippen molar-refractivity contribution in [3.63, 3.8) is 0 Å². The molecule has 1 aromatic rings. The molecule has 1 saturated carbocycles. The van der Waals surface area contributed by atoms with E-state index in [0.717, 1.165) is 5.56 Å². The topological polar surface area (TPSA) is 27.0 Å². The van der Waals surface area contributed by atoms with Crippen LogP contribution in [0.25, 0.3) is 0 Å². The summed E-state index contributed by atoms with van der Waals surface area (Å²) in [4.78, 5) is 2.45. The summed E-state index contributed by atoms with van der Waals surface area (Å²) in [5, 5.41) is 8.96. The van der Waals surface area contributed by atoms with Crippen molar-refractivity contribution >= 4 is 5.69 Å². The second kappa shape index (κ2) is 3.77. The van der Waals surface area contributed by atoms with Gasteiger partial charge in [0.25, 0.3) is 0 Å². The highest BCUT2D eigenvalue weighted by Crippen LogP contribution is 2.47. The number of rotatable bonds is 1. The Balaban J connectivity index is 1.80. The highest BCUT2D eigenvalue weighted by atomic mass is 15.2. The lowest BCUT2D eigenvalue weighted by molar-refractivity contribution is 0.222. The summed E-state index contributed by atoms with van der Waals surface area (Å²) in [6.45, 7) is 4.53. The van der Waals surface area contributed by atoms with Crippen molar-refractivity contribution in [2.45, 2.75) is 32.6 Å². The first-order valence-electron chi connectivity index (χ1n) is 6.48. The van der Waals surface area contributed by atoms with Crippen LogP contribution in [0.3, 0.4) is 0 Å². The Kier molecular flexibility index (Phi) is 2.36.